The van der Waals surface area contributed by atoms with Gasteiger partial charge in [-0.3, -0.25) is 4.79 Å². The zero-order chi connectivity index (χ0) is 17.9. The van der Waals surface area contributed by atoms with Gasteiger partial charge in [0.05, 0.1) is 6.42 Å². The largest absolute Gasteiger partial charge is 0.454 e. The molecule has 3 aromatic rings. The van der Waals surface area contributed by atoms with E-state index in [-0.39, 0.29) is 12.7 Å². The van der Waals surface area contributed by atoms with E-state index in [1.165, 1.54) is 5.56 Å². The molecule has 2 aromatic carbocycles. The monoisotopic (exact) mass is 348 g/mol. The highest BCUT2D eigenvalue weighted by Gasteiger charge is 2.14. The van der Waals surface area contributed by atoms with Crippen molar-refractivity contribution in [3.63, 3.8) is 0 Å². The summed E-state index contributed by atoms with van der Waals surface area (Å²) >= 11 is 0. The van der Waals surface area contributed by atoms with Crippen LogP contribution in [0, 0.1) is 6.92 Å². The van der Waals surface area contributed by atoms with Crippen molar-refractivity contribution in [3.8, 4) is 17.2 Å². The molecule has 26 heavy (non-hydrogen) atoms. The number of aryl methyl sites for hydroxylation is 1. The van der Waals surface area contributed by atoms with E-state index in [2.05, 4.69) is 36.5 Å². The maximum Gasteiger partial charge on any atom is 0.231 e. The van der Waals surface area contributed by atoms with Crippen LogP contribution < -0.4 is 14.8 Å². The molecule has 132 valence electrons. The van der Waals surface area contributed by atoms with E-state index < -0.39 is 0 Å². The van der Waals surface area contributed by atoms with Crippen molar-refractivity contribution in [2.75, 3.05) is 6.79 Å². The van der Waals surface area contributed by atoms with Crippen LogP contribution in [-0.4, -0.2) is 17.3 Å². The van der Waals surface area contributed by atoms with Gasteiger partial charge in [-0.1, -0.05) is 23.8 Å². The zero-order valence-corrected chi connectivity index (χ0v) is 14.6. The van der Waals surface area contributed by atoms with E-state index in [1.54, 1.807) is 0 Å². The summed E-state index contributed by atoms with van der Waals surface area (Å²) in [6, 6.07) is 17.9. The van der Waals surface area contributed by atoms with Crippen LogP contribution in [0.4, 0.5) is 0 Å². The minimum Gasteiger partial charge on any atom is -0.454 e. The SMILES string of the molecule is Cc1ccc(-n2cccc2CC(=O)NCc2ccc3c(c2)OCO3)cc1. The maximum absolute atomic E-state index is 12.4. The summed E-state index contributed by atoms with van der Waals surface area (Å²) in [6.07, 6.45) is 2.30. The first-order valence-electron chi connectivity index (χ1n) is 8.57. The van der Waals surface area contributed by atoms with Gasteiger partial charge in [0.15, 0.2) is 11.5 Å². The lowest BCUT2D eigenvalue weighted by molar-refractivity contribution is -0.120. The second-order valence-corrected chi connectivity index (χ2v) is 6.35. The molecule has 5 nitrogen and oxygen atoms in total. The lowest BCUT2D eigenvalue weighted by atomic mass is 10.2. The standard InChI is InChI=1S/C21H20N2O3/c1-15-4-7-17(8-5-15)23-10-2-3-18(23)12-21(24)22-13-16-6-9-19-20(11-16)26-14-25-19/h2-11H,12-14H2,1H3,(H,22,24). The van der Waals surface area contributed by atoms with Gasteiger partial charge < -0.3 is 19.4 Å². The Bertz CT molecular complexity index is 929. The number of aromatic nitrogens is 1. The predicted molar refractivity (Wildman–Crippen MR) is 98.6 cm³/mol. The molecule has 0 radical (unpaired) electrons. The number of nitrogens with zero attached hydrogens (tertiary/aromatic N) is 1. The smallest absolute Gasteiger partial charge is 0.231 e. The topological polar surface area (TPSA) is 52.5 Å². The fourth-order valence-corrected chi connectivity index (χ4v) is 3.00. The van der Waals surface area contributed by atoms with Gasteiger partial charge in [-0.25, -0.2) is 0 Å². The molecule has 1 N–H and O–H groups in total. The van der Waals surface area contributed by atoms with Crippen molar-refractivity contribution in [1.29, 1.82) is 0 Å². The Kier molecular flexibility index (Phi) is 4.35. The van der Waals surface area contributed by atoms with E-state index in [0.717, 1.165) is 28.4 Å². The summed E-state index contributed by atoms with van der Waals surface area (Å²) in [7, 11) is 0. The Hall–Kier alpha value is -3.21. The predicted octanol–water partition coefficient (Wildman–Crippen LogP) is 3.37. The highest BCUT2D eigenvalue weighted by molar-refractivity contribution is 5.78. The number of nitrogens with one attached hydrogen (secondary N) is 1. The van der Waals surface area contributed by atoms with Crippen LogP contribution >= 0.6 is 0 Å². The molecule has 1 amide bonds. The lowest BCUT2D eigenvalue weighted by Crippen LogP contribution is -2.25. The van der Waals surface area contributed by atoms with Gasteiger partial charge in [0.25, 0.3) is 0 Å². The first kappa shape index (κ1) is 16.3. The second kappa shape index (κ2) is 6.96. The molecule has 0 saturated carbocycles. The molecule has 0 saturated heterocycles. The van der Waals surface area contributed by atoms with Gasteiger partial charge in [0.1, 0.15) is 0 Å². The van der Waals surface area contributed by atoms with Gasteiger partial charge in [-0.15, -0.1) is 0 Å². The number of carbonyl (C=O) groups excluding carboxylic acids is 1. The van der Waals surface area contributed by atoms with Gasteiger partial charge >= 0.3 is 0 Å². The van der Waals surface area contributed by atoms with Gasteiger partial charge in [0.2, 0.25) is 12.7 Å². The van der Waals surface area contributed by atoms with E-state index >= 15 is 0 Å². The molecule has 1 aromatic heterocycles. The molecule has 0 fully saturated rings. The Balaban J connectivity index is 1.40. The Morgan fingerprint density at radius 2 is 1.88 bits per heavy atom. The number of carbonyl (C=O) groups is 1. The molecule has 1 aliphatic rings. The Morgan fingerprint density at radius 1 is 1.08 bits per heavy atom. The average Bonchev–Trinajstić information content (AvgIpc) is 3.29. The molecule has 0 spiro atoms. The summed E-state index contributed by atoms with van der Waals surface area (Å²) in [6.45, 7) is 2.77. The third-order valence-corrected chi connectivity index (χ3v) is 4.41. The molecular weight excluding hydrogens is 328 g/mol. The summed E-state index contributed by atoms with van der Waals surface area (Å²) in [4.78, 5) is 12.4. The van der Waals surface area contributed by atoms with E-state index in [9.17, 15) is 4.79 Å². The number of hydrogen-bond donors (Lipinski definition) is 1. The molecule has 0 bridgehead atoms. The van der Waals surface area contributed by atoms with Crippen molar-refractivity contribution in [3.05, 3.63) is 77.6 Å². The fraction of sp³-hybridized carbons (Fsp3) is 0.190. The summed E-state index contributed by atoms with van der Waals surface area (Å²) in [5.74, 6) is 1.45. The summed E-state index contributed by atoms with van der Waals surface area (Å²) in [5, 5.41) is 2.97. The highest BCUT2D eigenvalue weighted by atomic mass is 16.7. The van der Waals surface area contributed by atoms with Gasteiger partial charge in [-0.05, 0) is 48.9 Å². The van der Waals surface area contributed by atoms with Gasteiger partial charge in [0, 0.05) is 24.1 Å². The number of benzene rings is 2. The van der Waals surface area contributed by atoms with Crippen molar-refractivity contribution < 1.29 is 14.3 Å². The van der Waals surface area contributed by atoms with Crippen LogP contribution in [0.2, 0.25) is 0 Å². The maximum atomic E-state index is 12.4. The number of rotatable bonds is 5. The first-order valence-corrected chi connectivity index (χ1v) is 8.57. The lowest BCUT2D eigenvalue weighted by Gasteiger charge is -2.10. The molecule has 0 atom stereocenters. The van der Waals surface area contributed by atoms with Crippen molar-refractivity contribution >= 4 is 5.91 Å². The number of fused-ring (bicyclic) bond motifs is 1. The molecular formula is C21H20N2O3. The van der Waals surface area contributed by atoms with Crippen LogP contribution in [0.1, 0.15) is 16.8 Å². The Labute approximate surface area is 152 Å². The van der Waals surface area contributed by atoms with Crippen LogP contribution in [-0.2, 0) is 17.8 Å². The molecule has 0 unspecified atom stereocenters. The van der Waals surface area contributed by atoms with Crippen molar-refractivity contribution in [1.82, 2.24) is 9.88 Å². The Morgan fingerprint density at radius 3 is 2.73 bits per heavy atom. The third kappa shape index (κ3) is 3.42. The van der Waals surface area contributed by atoms with Crippen LogP contribution in [0.15, 0.2) is 60.8 Å². The fourth-order valence-electron chi connectivity index (χ4n) is 3.00. The molecule has 1 aliphatic heterocycles. The van der Waals surface area contributed by atoms with Crippen LogP contribution in [0.3, 0.4) is 0 Å². The second-order valence-electron chi connectivity index (χ2n) is 6.35. The minimum absolute atomic E-state index is 0.0188. The van der Waals surface area contributed by atoms with E-state index in [4.69, 9.17) is 9.47 Å². The normalized spacial score (nSPS) is 12.2. The van der Waals surface area contributed by atoms with Crippen LogP contribution in [0.5, 0.6) is 11.5 Å². The van der Waals surface area contributed by atoms with Crippen molar-refractivity contribution in [2.24, 2.45) is 0 Å². The third-order valence-electron chi connectivity index (χ3n) is 4.41. The molecule has 2 heterocycles. The van der Waals surface area contributed by atoms with E-state index in [1.807, 2.05) is 41.1 Å². The minimum atomic E-state index is -0.0188. The van der Waals surface area contributed by atoms with Crippen LogP contribution in [0.25, 0.3) is 5.69 Å². The number of hydrogen-bond acceptors (Lipinski definition) is 3. The molecule has 0 aliphatic carbocycles. The van der Waals surface area contributed by atoms with E-state index in [0.29, 0.717) is 13.0 Å². The van der Waals surface area contributed by atoms with Gasteiger partial charge in [-0.2, -0.15) is 0 Å². The molecule has 5 heteroatoms. The first-order chi connectivity index (χ1) is 12.7. The zero-order valence-electron chi connectivity index (χ0n) is 14.6. The highest BCUT2D eigenvalue weighted by Crippen LogP contribution is 2.32. The quantitative estimate of drug-likeness (QED) is 0.769. The summed E-state index contributed by atoms with van der Waals surface area (Å²) < 4.78 is 12.7. The number of amides is 1. The van der Waals surface area contributed by atoms with Crippen molar-refractivity contribution in [2.45, 2.75) is 19.9 Å². The number of ether oxygens (including phenoxy) is 2. The molecule has 4 rings (SSSR count). The summed E-state index contributed by atoms with van der Waals surface area (Å²) in [5.41, 5.74) is 4.21. The average molecular weight is 348 g/mol.